The lowest BCUT2D eigenvalue weighted by Gasteiger charge is -2.08. The van der Waals surface area contributed by atoms with E-state index in [1.54, 1.807) is 28.8 Å². The van der Waals surface area contributed by atoms with Gasteiger partial charge in [0.2, 0.25) is 0 Å². The number of nitrogens with zero attached hydrogens (tertiary/aromatic N) is 2. The van der Waals surface area contributed by atoms with Crippen LogP contribution in [0.1, 0.15) is 0 Å². The van der Waals surface area contributed by atoms with Gasteiger partial charge >= 0.3 is 0 Å². The highest BCUT2D eigenvalue weighted by Crippen LogP contribution is 2.30. The van der Waals surface area contributed by atoms with E-state index >= 15 is 0 Å². The summed E-state index contributed by atoms with van der Waals surface area (Å²) in [5.41, 5.74) is 1.37. The molecule has 1 N–H and O–H groups in total. The molecule has 3 aromatic rings. The van der Waals surface area contributed by atoms with Crippen LogP contribution in [0.25, 0.3) is 22.4 Å². The first kappa shape index (κ1) is 14.0. The van der Waals surface area contributed by atoms with Crippen molar-refractivity contribution in [3.05, 3.63) is 53.1 Å². The van der Waals surface area contributed by atoms with Crippen LogP contribution in [0.2, 0.25) is 5.02 Å². The highest BCUT2D eigenvalue weighted by Gasteiger charge is 2.16. The third-order valence-corrected chi connectivity index (χ3v) is 3.56. The molecule has 0 aliphatic rings. The van der Waals surface area contributed by atoms with Crippen molar-refractivity contribution in [2.45, 2.75) is 6.54 Å². The van der Waals surface area contributed by atoms with Crippen LogP contribution >= 0.6 is 11.6 Å². The van der Waals surface area contributed by atoms with E-state index in [4.69, 9.17) is 11.6 Å². The number of imidazole rings is 1. The molecule has 0 aliphatic heterocycles. The first-order valence-corrected chi connectivity index (χ1v) is 6.70. The van der Waals surface area contributed by atoms with E-state index < -0.39 is 11.6 Å². The molecule has 0 amide bonds. The van der Waals surface area contributed by atoms with Crippen molar-refractivity contribution in [2.24, 2.45) is 0 Å². The van der Waals surface area contributed by atoms with Crippen molar-refractivity contribution in [1.29, 1.82) is 0 Å². The molecule has 1 heterocycles. The van der Waals surface area contributed by atoms with Gasteiger partial charge in [-0.3, -0.25) is 0 Å². The smallest absolute Gasteiger partial charge is 0.161 e. The molecule has 3 rings (SSSR count). The molecule has 0 bridgehead atoms. The van der Waals surface area contributed by atoms with Gasteiger partial charge in [0.15, 0.2) is 11.6 Å². The highest BCUT2D eigenvalue weighted by atomic mass is 35.5. The molecule has 0 aliphatic carbocycles. The van der Waals surface area contributed by atoms with Crippen LogP contribution in [0.5, 0.6) is 0 Å². The van der Waals surface area contributed by atoms with Gasteiger partial charge in [0.05, 0.1) is 22.7 Å². The summed E-state index contributed by atoms with van der Waals surface area (Å²) in [5, 5.41) is 9.69. The molecule has 0 radical (unpaired) electrons. The Morgan fingerprint density at radius 2 is 1.86 bits per heavy atom. The van der Waals surface area contributed by atoms with Crippen LogP contribution < -0.4 is 0 Å². The molecule has 0 saturated carbocycles. The Balaban J connectivity index is 2.32. The second-order valence-electron chi connectivity index (χ2n) is 4.55. The van der Waals surface area contributed by atoms with Gasteiger partial charge in [0.1, 0.15) is 5.82 Å². The summed E-state index contributed by atoms with van der Waals surface area (Å²) < 4.78 is 28.4. The zero-order chi connectivity index (χ0) is 15.0. The fourth-order valence-corrected chi connectivity index (χ4v) is 2.51. The van der Waals surface area contributed by atoms with E-state index in [9.17, 15) is 13.9 Å². The predicted molar refractivity (Wildman–Crippen MR) is 77.2 cm³/mol. The number of aliphatic hydroxyl groups excluding tert-OH is 1. The summed E-state index contributed by atoms with van der Waals surface area (Å²) in [4.78, 5) is 4.33. The van der Waals surface area contributed by atoms with Crippen LogP contribution in [-0.2, 0) is 6.54 Å². The molecule has 3 nitrogen and oxygen atoms in total. The monoisotopic (exact) mass is 308 g/mol. The summed E-state index contributed by atoms with van der Waals surface area (Å²) in [5.74, 6) is -1.44. The zero-order valence-electron chi connectivity index (χ0n) is 10.9. The molecule has 0 atom stereocenters. The van der Waals surface area contributed by atoms with E-state index in [-0.39, 0.29) is 13.2 Å². The quantitative estimate of drug-likeness (QED) is 0.802. The van der Waals surface area contributed by atoms with Gasteiger partial charge in [-0.1, -0.05) is 23.7 Å². The van der Waals surface area contributed by atoms with Crippen molar-refractivity contribution in [2.75, 3.05) is 6.61 Å². The van der Waals surface area contributed by atoms with Gasteiger partial charge in [0.25, 0.3) is 0 Å². The fourth-order valence-electron chi connectivity index (χ4n) is 2.29. The van der Waals surface area contributed by atoms with E-state index in [1.807, 2.05) is 0 Å². The van der Waals surface area contributed by atoms with Crippen LogP contribution in [0.3, 0.4) is 0 Å². The Morgan fingerprint density at radius 1 is 1.14 bits per heavy atom. The molecule has 2 aromatic carbocycles. The maximum absolute atomic E-state index is 13.5. The number of aliphatic hydroxyl groups is 1. The van der Waals surface area contributed by atoms with Gasteiger partial charge < -0.3 is 9.67 Å². The largest absolute Gasteiger partial charge is 0.395 e. The van der Waals surface area contributed by atoms with Gasteiger partial charge in [-0.05, 0) is 12.1 Å². The van der Waals surface area contributed by atoms with Crippen molar-refractivity contribution in [1.82, 2.24) is 9.55 Å². The standard InChI is InChI=1S/C15H11ClF2N2O/c16-10-4-2-1-3-9(10)15-19-13-7-11(17)12(18)8-14(13)20(15)5-6-21/h1-4,7-8,21H,5-6H2. The molecule has 0 unspecified atom stereocenters. The predicted octanol–water partition coefficient (Wildman–Crippen LogP) is 3.63. The van der Waals surface area contributed by atoms with Gasteiger partial charge in [-0.2, -0.15) is 0 Å². The average molecular weight is 309 g/mol. The first-order valence-electron chi connectivity index (χ1n) is 6.33. The van der Waals surface area contributed by atoms with E-state index in [1.165, 1.54) is 0 Å². The minimum Gasteiger partial charge on any atom is -0.395 e. The Labute approximate surface area is 124 Å². The molecule has 0 saturated heterocycles. The lowest BCUT2D eigenvalue weighted by molar-refractivity contribution is 0.278. The number of halogens is 3. The molecular formula is C15H11ClF2N2O. The minimum absolute atomic E-state index is 0.151. The maximum Gasteiger partial charge on any atom is 0.161 e. The number of fused-ring (bicyclic) bond motifs is 1. The van der Waals surface area contributed by atoms with Gasteiger partial charge in [-0.15, -0.1) is 0 Å². The van der Waals surface area contributed by atoms with Crippen molar-refractivity contribution in [3.63, 3.8) is 0 Å². The van der Waals surface area contributed by atoms with Crippen LogP contribution in [-0.4, -0.2) is 21.3 Å². The van der Waals surface area contributed by atoms with Crippen LogP contribution in [0.4, 0.5) is 8.78 Å². The normalized spacial score (nSPS) is 11.2. The number of benzene rings is 2. The molecule has 0 fully saturated rings. The Morgan fingerprint density at radius 3 is 2.57 bits per heavy atom. The van der Waals surface area contributed by atoms with Crippen molar-refractivity contribution in [3.8, 4) is 11.4 Å². The summed E-state index contributed by atoms with van der Waals surface area (Å²) in [7, 11) is 0. The van der Waals surface area contributed by atoms with Crippen LogP contribution in [0, 0.1) is 11.6 Å². The summed E-state index contributed by atoms with van der Waals surface area (Å²) >= 11 is 6.16. The lowest BCUT2D eigenvalue weighted by atomic mass is 10.2. The zero-order valence-corrected chi connectivity index (χ0v) is 11.6. The number of hydrogen-bond acceptors (Lipinski definition) is 2. The molecule has 108 valence electrons. The third-order valence-electron chi connectivity index (χ3n) is 3.23. The van der Waals surface area contributed by atoms with E-state index in [0.29, 0.717) is 27.4 Å². The molecule has 6 heteroatoms. The van der Waals surface area contributed by atoms with E-state index in [2.05, 4.69) is 4.98 Å². The van der Waals surface area contributed by atoms with Gasteiger partial charge in [-0.25, -0.2) is 13.8 Å². The fraction of sp³-hybridized carbons (Fsp3) is 0.133. The lowest BCUT2D eigenvalue weighted by Crippen LogP contribution is -2.04. The van der Waals surface area contributed by atoms with Crippen LogP contribution in [0.15, 0.2) is 36.4 Å². The third kappa shape index (κ3) is 2.39. The van der Waals surface area contributed by atoms with Gasteiger partial charge in [0, 0.05) is 24.2 Å². The molecular weight excluding hydrogens is 298 g/mol. The summed E-state index contributed by atoms with van der Waals surface area (Å²) in [6, 6.07) is 9.17. The number of hydrogen-bond donors (Lipinski definition) is 1. The minimum atomic E-state index is -0.957. The molecule has 0 spiro atoms. The first-order chi connectivity index (χ1) is 10.1. The Bertz CT molecular complexity index is 817. The van der Waals surface area contributed by atoms with E-state index in [0.717, 1.165) is 12.1 Å². The SMILES string of the molecule is OCCn1c(-c2ccccc2Cl)nc2cc(F)c(F)cc21. The number of rotatable bonds is 3. The van der Waals surface area contributed by atoms with Crippen molar-refractivity contribution < 1.29 is 13.9 Å². The Hall–Kier alpha value is -1.98. The molecule has 1 aromatic heterocycles. The number of aromatic nitrogens is 2. The van der Waals surface area contributed by atoms with Crippen molar-refractivity contribution >= 4 is 22.6 Å². The topological polar surface area (TPSA) is 38.0 Å². The highest BCUT2D eigenvalue weighted by molar-refractivity contribution is 6.33. The Kier molecular flexibility index (Phi) is 3.61. The second-order valence-corrected chi connectivity index (χ2v) is 4.95. The second kappa shape index (κ2) is 5.42. The molecule has 21 heavy (non-hydrogen) atoms. The average Bonchev–Trinajstić information content (AvgIpc) is 2.79. The maximum atomic E-state index is 13.5. The summed E-state index contributed by atoms with van der Waals surface area (Å²) in [6.45, 7) is 0.0596. The summed E-state index contributed by atoms with van der Waals surface area (Å²) in [6.07, 6.45) is 0.